The Morgan fingerprint density at radius 3 is 3.08 bits per heavy atom. The van der Waals surface area contributed by atoms with Crippen LogP contribution >= 0.6 is 0 Å². The molecular weight excluding hydrogens is 168 g/mol. The van der Waals surface area contributed by atoms with Crippen molar-refractivity contribution in [2.24, 2.45) is 5.92 Å². The Bertz CT molecular complexity index is 204. The Hall–Kier alpha value is -0.570. The van der Waals surface area contributed by atoms with Crippen molar-refractivity contribution in [3.63, 3.8) is 0 Å². The predicted molar refractivity (Wildman–Crippen MR) is 47.3 cm³/mol. The van der Waals surface area contributed by atoms with E-state index in [-0.39, 0.29) is 11.7 Å². The number of ether oxygens (including phenoxy) is 2. The second kappa shape index (κ2) is 3.29. The smallest absolute Gasteiger partial charge is 0.293 e. The van der Waals surface area contributed by atoms with Crippen LogP contribution in [0.3, 0.4) is 0 Å². The van der Waals surface area contributed by atoms with E-state index in [0.29, 0.717) is 12.4 Å². The van der Waals surface area contributed by atoms with Crippen LogP contribution in [0.25, 0.3) is 0 Å². The van der Waals surface area contributed by atoms with E-state index in [0.717, 1.165) is 25.9 Å². The Labute approximate surface area is 78.4 Å². The van der Waals surface area contributed by atoms with Crippen LogP contribution in [-0.4, -0.2) is 24.8 Å². The zero-order valence-electron chi connectivity index (χ0n) is 7.99. The van der Waals surface area contributed by atoms with Gasteiger partial charge >= 0.3 is 0 Å². The monoisotopic (exact) mass is 184 g/mol. The van der Waals surface area contributed by atoms with E-state index in [1.54, 1.807) is 0 Å². The first-order chi connectivity index (χ1) is 6.24. The summed E-state index contributed by atoms with van der Waals surface area (Å²) in [5.74, 6) is 0.680. The molecule has 0 spiro atoms. The van der Waals surface area contributed by atoms with Gasteiger partial charge in [-0.2, -0.15) is 0 Å². The van der Waals surface area contributed by atoms with Gasteiger partial charge in [0.05, 0.1) is 5.60 Å². The summed E-state index contributed by atoms with van der Waals surface area (Å²) in [6.45, 7) is 3.57. The van der Waals surface area contributed by atoms with Crippen LogP contribution in [0.4, 0.5) is 0 Å². The van der Waals surface area contributed by atoms with E-state index >= 15 is 0 Å². The van der Waals surface area contributed by atoms with Crippen LogP contribution in [0.5, 0.6) is 0 Å². The fraction of sp³-hybridized carbons (Fsp3) is 0.900. The van der Waals surface area contributed by atoms with Crippen LogP contribution < -0.4 is 0 Å². The van der Waals surface area contributed by atoms with Crippen molar-refractivity contribution >= 4 is 6.47 Å². The van der Waals surface area contributed by atoms with Crippen molar-refractivity contribution in [3.05, 3.63) is 0 Å². The van der Waals surface area contributed by atoms with Gasteiger partial charge in [-0.1, -0.05) is 0 Å². The zero-order valence-corrected chi connectivity index (χ0v) is 7.99. The van der Waals surface area contributed by atoms with Crippen LogP contribution in [0.15, 0.2) is 0 Å². The van der Waals surface area contributed by atoms with E-state index in [9.17, 15) is 4.79 Å². The molecule has 0 aromatic heterocycles. The molecule has 74 valence electrons. The van der Waals surface area contributed by atoms with Gasteiger partial charge in [0.15, 0.2) is 0 Å². The van der Waals surface area contributed by atoms with Gasteiger partial charge in [-0.3, -0.25) is 4.79 Å². The molecule has 1 saturated heterocycles. The average molecular weight is 184 g/mol. The third-order valence-electron chi connectivity index (χ3n) is 3.48. The number of carbonyl (C=O) groups excluding carboxylic acids is 1. The molecule has 0 aromatic carbocycles. The van der Waals surface area contributed by atoms with Crippen molar-refractivity contribution in [1.29, 1.82) is 0 Å². The van der Waals surface area contributed by atoms with Crippen molar-refractivity contribution in [2.45, 2.75) is 44.3 Å². The minimum Gasteiger partial charge on any atom is -0.464 e. The first kappa shape index (κ1) is 9.00. The summed E-state index contributed by atoms with van der Waals surface area (Å²) in [6.07, 6.45) is 4.26. The lowest BCUT2D eigenvalue weighted by Crippen LogP contribution is -2.41. The highest BCUT2D eigenvalue weighted by Crippen LogP contribution is 2.43. The molecule has 2 aliphatic rings. The SMILES string of the molecule is C[C@]12C[C@@H](OC=O)CC[C@H]1CCO2. The maximum Gasteiger partial charge on any atom is 0.293 e. The van der Waals surface area contributed by atoms with Crippen molar-refractivity contribution in [3.8, 4) is 0 Å². The van der Waals surface area contributed by atoms with Crippen LogP contribution in [0, 0.1) is 5.92 Å². The Balaban J connectivity index is 2.00. The maximum atomic E-state index is 10.2. The molecule has 1 heterocycles. The predicted octanol–water partition coefficient (Wildman–Crippen LogP) is 1.51. The first-order valence-corrected chi connectivity index (χ1v) is 4.98. The molecule has 3 nitrogen and oxygen atoms in total. The Morgan fingerprint density at radius 2 is 2.31 bits per heavy atom. The molecule has 0 unspecified atom stereocenters. The van der Waals surface area contributed by atoms with Crippen LogP contribution in [0.1, 0.15) is 32.6 Å². The fourth-order valence-electron chi connectivity index (χ4n) is 2.67. The third-order valence-corrected chi connectivity index (χ3v) is 3.48. The van der Waals surface area contributed by atoms with Gasteiger partial charge < -0.3 is 9.47 Å². The van der Waals surface area contributed by atoms with E-state index in [2.05, 4.69) is 6.92 Å². The van der Waals surface area contributed by atoms with E-state index in [4.69, 9.17) is 9.47 Å². The topological polar surface area (TPSA) is 35.5 Å². The summed E-state index contributed by atoms with van der Waals surface area (Å²) in [5, 5.41) is 0. The Kier molecular flexibility index (Phi) is 2.28. The van der Waals surface area contributed by atoms with Crippen LogP contribution in [0.2, 0.25) is 0 Å². The quantitative estimate of drug-likeness (QED) is 0.610. The molecule has 0 radical (unpaired) electrons. The highest BCUT2D eigenvalue weighted by molar-refractivity contribution is 5.37. The minimum absolute atomic E-state index is 0.0219. The molecule has 3 atom stereocenters. The molecule has 2 fully saturated rings. The van der Waals surface area contributed by atoms with E-state index < -0.39 is 0 Å². The van der Waals surface area contributed by atoms with Gasteiger partial charge in [-0.05, 0) is 32.1 Å². The minimum atomic E-state index is -0.0219. The Morgan fingerprint density at radius 1 is 1.46 bits per heavy atom. The molecule has 2 rings (SSSR count). The number of carbonyl (C=O) groups is 1. The molecule has 1 aliphatic carbocycles. The summed E-state index contributed by atoms with van der Waals surface area (Å²) in [6, 6.07) is 0. The normalized spacial score (nSPS) is 44.1. The summed E-state index contributed by atoms with van der Waals surface area (Å²) < 4.78 is 10.7. The lowest BCUT2D eigenvalue weighted by molar-refractivity contribution is -0.141. The largest absolute Gasteiger partial charge is 0.464 e. The summed E-state index contributed by atoms with van der Waals surface area (Å²) in [5.41, 5.74) is -0.0219. The number of hydrogen-bond donors (Lipinski definition) is 0. The van der Waals surface area contributed by atoms with Gasteiger partial charge in [0.2, 0.25) is 0 Å². The number of rotatable bonds is 2. The fourth-order valence-corrected chi connectivity index (χ4v) is 2.67. The van der Waals surface area contributed by atoms with Crippen molar-refractivity contribution in [2.75, 3.05) is 6.61 Å². The highest BCUT2D eigenvalue weighted by Gasteiger charge is 2.45. The van der Waals surface area contributed by atoms with Gasteiger partial charge in [0.25, 0.3) is 6.47 Å². The second-order valence-electron chi connectivity index (χ2n) is 4.28. The molecule has 0 aromatic rings. The molecule has 1 aliphatic heterocycles. The average Bonchev–Trinajstić information content (AvgIpc) is 2.45. The molecule has 3 heteroatoms. The van der Waals surface area contributed by atoms with Gasteiger partial charge in [-0.25, -0.2) is 0 Å². The van der Waals surface area contributed by atoms with E-state index in [1.807, 2.05) is 0 Å². The standard InChI is InChI=1S/C10H16O3/c1-10-6-9(12-7-11)3-2-8(10)4-5-13-10/h7-9H,2-6H2,1H3/t8-,9-,10-/m0/s1. The zero-order chi connectivity index (χ0) is 9.31. The number of hydrogen-bond acceptors (Lipinski definition) is 3. The molecular formula is C10H16O3. The molecule has 1 saturated carbocycles. The summed E-state index contributed by atoms with van der Waals surface area (Å²) in [4.78, 5) is 10.2. The summed E-state index contributed by atoms with van der Waals surface area (Å²) >= 11 is 0. The van der Waals surface area contributed by atoms with Crippen molar-refractivity contribution < 1.29 is 14.3 Å². The first-order valence-electron chi connectivity index (χ1n) is 4.98. The summed E-state index contributed by atoms with van der Waals surface area (Å²) in [7, 11) is 0. The number of fused-ring (bicyclic) bond motifs is 1. The molecule has 0 bridgehead atoms. The molecule has 0 N–H and O–H groups in total. The third kappa shape index (κ3) is 1.57. The second-order valence-corrected chi connectivity index (χ2v) is 4.28. The van der Waals surface area contributed by atoms with E-state index in [1.165, 1.54) is 6.42 Å². The van der Waals surface area contributed by atoms with Crippen LogP contribution in [-0.2, 0) is 14.3 Å². The molecule has 13 heavy (non-hydrogen) atoms. The lowest BCUT2D eigenvalue weighted by atomic mass is 9.75. The van der Waals surface area contributed by atoms with Crippen molar-refractivity contribution in [1.82, 2.24) is 0 Å². The maximum absolute atomic E-state index is 10.2. The van der Waals surface area contributed by atoms with Gasteiger partial charge in [-0.15, -0.1) is 0 Å². The highest BCUT2D eigenvalue weighted by atomic mass is 16.5. The van der Waals surface area contributed by atoms with Gasteiger partial charge in [0, 0.05) is 13.0 Å². The lowest BCUT2D eigenvalue weighted by Gasteiger charge is -2.38. The molecule has 0 amide bonds. The van der Waals surface area contributed by atoms with Gasteiger partial charge in [0.1, 0.15) is 6.10 Å².